The molecule has 0 saturated carbocycles. The van der Waals surface area contributed by atoms with Crippen LogP contribution in [0.5, 0.6) is 0 Å². The Morgan fingerprint density at radius 1 is 1.35 bits per heavy atom. The van der Waals surface area contributed by atoms with E-state index in [0.717, 1.165) is 6.26 Å². The summed E-state index contributed by atoms with van der Waals surface area (Å²) in [4.78, 5) is 25.7. The Hall–Kier alpha value is -1.21. The van der Waals surface area contributed by atoms with E-state index in [1.807, 2.05) is 5.38 Å². The first kappa shape index (κ1) is 16.8. The smallest absolute Gasteiger partial charge is 0.223 e. The molecule has 7 heteroatoms. The molecule has 0 aliphatic heterocycles. The van der Waals surface area contributed by atoms with Crippen molar-refractivity contribution in [3.05, 3.63) is 22.4 Å². The van der Waals surface area contributed by atoms with Gasteiger partial charge in [-0.3, -0.25) is 9.59 Å². The fraction of sp³-hybridized carbons (Fsp3) is 0.538. The molecule has 0 radical (unpaired) electrons. The molecule has 1 aromatic rings. The van der Waals surface area contributed by atoms with Crippen LogP contribution >= 0.6 is 11.3 Å². The van der Waals surface area contributed by atoms with Crippen molar-refractivity contribution in [2.24, 2.45) is 0 Å². The van der Waals surface area contributed by atoms with Gasteiger partial charge in [-0.1, -0.05) is 6.07 Å². The molecule has 5 nitrogen and oxygen atoms in total. The second-order valence-electron chi connectivity index (χ2n) is 4.85. The number of nitrogens with zero attached hydrogens (tertiary/aromatic N) is 1. The van der Waals surface area contributed by atoms with E-state index >= 15 is 0 Å². The van der Waals surface area contributed by atoms with Gasteiger partial charge in [-0.15, -0.1) is 11.3 Å². The fourth-order valence-corrected chi connectivity index (χ4v) is 3.55. The van der Waals surface area contributed by atoms with Crippen molar-refractivity contribution in [1.82, 2.24) is 4.90 Å². The van der Waals surface area contributed by atoms with E-state index in [4.69, 9.17) is 0 Å². The maximum absolute atomic E-state index is 11.9. The molecule has 1 rings (SSSR count). The summed E-state index contributed by atoms with van der Waals surface area (Å²) >= 11 is 1.35. The molecule has 0 bridgehead atoms. The first-order chi connectivity index (χ1) is 9.20. The third-order valence-corrected chi connectivity index (χ3v) is 4.96. The molecule has 20 heavy (non-hydrogen) atoms. The average molecular weight is 317 g/mol. The Bertz CT molecular complexity index is 563. The standard InChI is InChI=1S/C13H19NO4S2/c1-10(9-20(3,17)18)14(2)13(16)7-6-11(15)12-5-4-8-19-12/h4-5,8,10H,6-7,9H2,1-3H3/t10-/m1/s1. The van der Waals surface area contributed by atoms with Gasteiger partial charge in [-0.2, -0.15) is 0 Å². The molecule has 112 valence electrons. The van der Waals surface area contributed by atoms with Gasteiger partial charge in [0.05, 0.1) is 10.6 Å². The minimum Gasteiger partial charge on any atom is -0.342 e. The highest BCUT2D eigenvalue weighted by molar-refractivity contribution is 7.90. The molecule has 1 atom stereocenters. The highest BCUT2D eigenvalue weighted by atomic mass is 32.2. The third kappa shape index (κ3) is 5.42. The van der Waals surface area contributed by atoms with E-state index in [1.54, 1.807) is 26.1 Å². The summed E-state index contributed by atoms with van der Waals surface area (Å²) in [6.45, 7) is 1.68. The Balaban J connectivity index is 2.48. The van der Waals surface area contributed by atoms with Crippen LogP contribution < -0.4 is 0 Å². The van der Waals surface area contributed by atoms with Crippen molar-refractivity contribution < 1.29 is 18.0 Å². The first-order valence-electron chi connectivity index (χ1n) is 6.21. The zero-order chi connectivity index (χ0) is 15.3. The number of carbonyl (C=O) groups is 2. The van der Waals surface area contributed by atoms with E-state index in [0.29, 0.717) is 4.88 Å². The lowest BCUT2D eigenvalue weighted by Crippen LogP contribution is -2.39. The SMILES string of the molecule is C[C@H](CS(C)(=O)=O)N(C)C(=O)CCC(=O)c1cccs1. The summed E-state index contributed by atoms with van der Waals surface area (Å²) in [7, 11) is -1.56. The summed E-state index contributed by atoms with van der Waals surface area (Å²) in [5.74, 6) is -0.350. The third-order valence-electron chi connectivity index (χ3n) is 2.96. The van der Waals surface area contributed by atoms with Crippen molar-refractivity contribution >= 4 is 32.9 Å². The van der Waals surface area contributed by atoms with Gasteiger partial charge in [-0.05, 0) is 18.4 Å². The van der Waals surface area contributed by atoms with Crippen molar-refractivity contribution in [2.75, 3.05) is 19.1 Å². The number of amides is 1. The van der Waals surface area contributed by atoms with Crippen molar-refractivity contribution in [3.8, 4) is 0 Å². The Kier molecular flexibility index (Phi) is 5.88. The van der Waals surface area contributed by atoms with Gasteiger partial charge in [-0.25, -0.2) is 8.42 Å². The maximum atomic E-state index is 11.9. The van der Waals surface area contributed by atoms with Crippen LogP contribution in [0.15, 0.2) is 17.5 Å². The van der Waals surface area contributed by atoms with Crippen LogP contribution in [0.3, 0.4) is 0 Å². The number of ketones is 1. The summed E-state index contributed by atoms with van der Waals surface area (Å²) in [6, 6.07) is 3.13. The molecule has 0 unspecified atom stereocenters. The van der Waals surface area contributed by atoms with E-state index in [2.05, 4.69) is 0 Å². The monoisotopic (exact) mass is 317 g/mol. The molecule has 0 saturated heterocycles. The minimum absolute atomic E-state index is 0.0579. The van der Waals surface area contributed by atoms with Crippen LogP contribution in [0.4, 0.5) is 0 Å². The molecule has 1 aromatic heterocycles. The summed E-state index contributed by atoms with van der Waals surface area (Å²) in [5, 5.41) is 1.81. The highest BCUT2D eigenvalue weighted by Gasteiger charge is 2.20. The zero-order valence-corrected chi connectivity index (χ0v) is 13.5. The normalized spacial score (nSPS) is 12.9. The van der Waals surface area contributed by atoms with E-state index < -0.39 is 15.9 Å². The van der Waals surface area contributed by atoms with E-state index in [1.165, 1.54) is 16.2 Å². The molecule has 0 spiro atoms. The Labute approximate surface area is 123 Å². The second-order valence-corrected chi connectivity index (χ2v) is 7.98. The molecule has 0 aliphatic rings. The summed E-state index contributed by atoms with van der Waals surface area (Å²) < 4.78 is 22.4. The number of Topliss-reactive ketones (excluding diaryl/α,β-unsaturated/α-hetero) is 1. The summed E-state index contributed by atoms with van der Waals surface area (Å²) in [5.41, 5.74) is 0. The fourth-order valence-electron chi connectivity index (χ4n) is 1.75. The first-order valence-corrected chi connectivity index (χ1v) is 9.15. The number of hydrogen-bond acceptors (Lipinski definition) is 5. The van der Waals surface area contributed by atoms with Crippen molar-refractivity contribution in [2.45, 2.75) is 25.8 Å². The number of hydrogen-bond donors (Lipinski definition) is 0. The van der Waals surface area contributed by atoms with Gasteiger partial charge >= 0.3 is 0 Å². The quantitative estimate of drug-likeness (QED) is 0.716. The molecule has 1 heterocycles. The van der Waals surface area contributed by atoms with Crippen LogP contribution in [0.2, 0.25) is 0 Å². The average Bonchev–Trinajstić information content (AvgIpc) is 2.86. The molecule has 0 fully saturated rings. The second kappa shape index (κ2) is 6.99. The van der Waals surface area contributed by atoms with Gasteiger partial charge in [0, 0.05) is 32.2 Å². The van der Waals surface area contributed by atoms with Gasteiger partial charge in [0.1, 0.15) is 9.84 Å². The van der Waals surface area contributed by atoms with Crippen LogP contribution in [0, 0.1) is 0 Å². The number of thiophene rings is 1. The molecule has 0 aromatic carbocycles. The van der Waals surface area contributed by atoms with Gasteiger partial charge in [0.15, 0.2) is 5.78 Å². The van der Waals surface area contributed by atoms with Crippen LogP contribution in [0.25, 0.3) is 0 Å². The predicted octanol–water partition coefficient (Wildman–Crippen LogP) is 1.60. The molecule has 1 amide bonds. The lowest BCUT2D eigenvalue weighted by atomic mass is 10.1. The molecule has 0 aliphatic carbocycles. The van der Waals surface area contributed by atoms with Crippen LogP contribution in [0.1, 0.15) is 29.4 Å². The maximum Gasteiger partial charge on any atom is 0.223 e. The van der Waals surface area contributed by atoms with Crippen molar-refractivity contribution in [3.63, 3.8) is 0 Å². The largest absolute Gasteiger partial charge is 0.342 e. The number of sulfone groups is 1. The van der Waals surface area contributed by atoms with E-state index in [-0.39, 0.29) is 30.3 Å². The molecular weight excluding hydrogens is 298 g/mol. The molecule has 0 N–H and O–H groups in total. The van der Waals surface area contributed by atoms with Gasteiger partial charge in [0.2, 0.25) is 5.91 Å². The number of carbonyl (C=O) groups excluding carboxylic acids is 2. The van der Waals surface area contributed by atoms with E-state index in [9.17, 15) is 18.0 Å². The van der Waals surface area contributed by atoms with Gasteiger partial charge < -0.3 is 4.90 Å². The lowest BCUT2D eigenvalue weighted by molar-refractivity contribution is -0.131. The summed E-state index contributed by atoms with van der Waals surface area (Å²) in [6.07, 6.45) is 1.39. The Morgan fingerprint density at radius 2 is 2.00 bits per heavy atom. The van der Waals surface area contributed by atoms with Crippen LogP contribution in [-0.4, -0.2) is 50.1 Å². The minimum atomic E-state index is -3.13. The van der Waals surface area contributed by atoms with Crippen LogP contribution in [-0.2, 0) is 14.6 Å². The predicted molar refractivity (Wildman–Crippen MR) is 79.8 cm³/mol. The van der Waals surface area contributed by atoms with Gasteiger partial charge in [0.25, 0.3) is 0 Å². The van der Waals surface area contributed by atoms with Crippen molar-refractivity contribution in [1.29, 1.82) is 0 Å². The lowest BCUT2D eigenvalue weighted by Gasteiger charge is -2.24. The topological polar surface area (TPSA) is 71.5 Å². The number of rotatable bonds is 7. The Morgan fingerprint density at radius 3 is 2.50 bits per heavy atom. The molecular formula is C13H19NO4S2. The highest BCUT2D eigenvalue weighted by Crippen LogP contribution is 2.13. The zero-order valence-electron chi connectivity index (χ0n) is 11.8.